The number of hydrogen-bond acceptors (Lipinski definition) is 3. The molecule has 5 nitrogen and oxygen atoms in total. The first kappa shape index (κ1) is 16.4. The SMILES string of the molecule is Cc1cccnc1C(NC(=O)N(C)CC(C)O)C(C)C. The van der Waals surface area contributed by atoms with Gasteiger partial charge in [-0.15, -0.1) is 0 Å². The highest BCUT2D eigenvalue weighted by Gasteiger charge is 2.23. The third kappa shape index (κ3) is 4.49. The number of rotatable bonds is 5. The molecular formula is C15H25N3O2. The minimum Gasteiger partial charge on any atom is -0.392 e. The van der Waals surface area contributed by atoms with Crippen LogP contribution in [0.5, 0.6) is 0 Å². The molecule has 1 aromatic rings. The number of carbonyl (C=O) groups is 1. The van der Waals surface area contributed by atoms with Crippen LogP contribution in [0.1, 0.15) is 38.1 Å². The van der Waals surface area contributed by atoms with Gasteiger partial charge >= 0.3 is 6.03 Å². The molecule has 2 amide bonds. The summed E-state index contributed by atoms with van der Waals surface area (Å²) in [5.41, 5.74) is 1.95. The van der Waals surface area contributed by atoms with E-state index in [9.17, 15) is 9.90 Å². The number of aromatic nitrogens is 1. The van der Waals surface area contributed by atoms with Gasteiger partial charge in [0, 0.05) is 19.8 Å². The first-order valence-electron chi connectivity index (χ1n) is 6.94. The zero-order chi connectivity index (χ0) is 15.3. The minimum absolute atomic E-state index is 0.139. The van der Waals surface area contributed by atoms with Crippen LogP contribution in [0.25, 0.3) is 0 Å². The lowest BCUT2D eigenvalue weighted by molar-refractivity contribution is 0.141. The molecule has 0 aromatic carbocycles. The van der Waals surface area contributed by atoms with Crippen molar-refractivity contribution in [2.45, 2.75) is 39.8 Å². The summed E-state index contributed by atoms with van der Waals surface area (Å²) in [7, 11) is 1.67. The van der Waals surface area contributed by atoms with Crippen LogP contribution in [0.4, 0.5) is 4.79 Å². The number of nitrogens with zero attached hydrogens (tertiary/aromatic N) is 2. The fourth-order valence-corrected chi connectivity index (χ4v) is 2.10. The maximum Gasteiger partial charge on any atom is 0.317 e. The van der Waals surface area contributed by atoms with E-state index in [1.165, 1.54) is 4.90 Å². The van der Waals surface area contributed by atoms with Gasteiger partial charge < -0.3 is 15.3 Å². The van der Waals surface area contributed by atoms with Crippen molar-refractivity contribution in [3.8, 4) is 0 Å². The molecule has 0 aliphatic carbocycles. The molecule has 0 aliphatic rings. The Morgan fingerprint density at radius 3 is 2.60 bits per heavy atom. The fraction of sp³-hybridized carbons (Fsp3) is 0.600. The number of aliphatic hydroxyl groups is 1. The van der Waals surface area contributed by atoms with Crippen LogP contribution in [0.3, 0.4) is 0 Å². The van der Waals surface area contributed by atoms with E-state index in [0.29, 0.717) is 6.54 Å². The molecule has 20 heavy (non-hydrogen) atoms. The topological polar surface area (TPSA) is 65.5 Å². The average molecular weight is 279 g/mol. The summed E-state index contributed by atoms with van der Waals surface area (Å²) < 4.78 is 0. The Hall–Kier alpha value is -1.62. The highest BCUT2D eigenvalue weighted by atomic mass is 16.3. The van der Waals surface area contributed by atoms with Gasteiger partial charge in [0.15, 0.2) is 0 Å². The largest absolute Gasteiger partial charge is 0.392 e. The predicted octanol–water partition coefficient (Wildman–Crippen LogP) is 2.11. The third-order valence-corrected chi connectivity index (χ3v) is 3.17. The van der Waals surface area contributed by atoms with Crippen molar-refractivity contribution < 1.29 is 9.90 Å². The van der Waals surface area contributed by atoms with Gasteiger partial charge in [-0.05, 0) is 31.4 Å². The summed E-state index contributed by atoms with van der Waals surface area (Å²) in [5.74, 6) is 0.229. The molecule has 2 atom stereocenters. The Labute approximate surface area is 121 Å². The molecule has 1 heterocycles. The van der Waals surface area contributed by atoms with Gasteiger partial charge in [-0.3, -0.25) is 4.98 Å². The normalized spacial score (nSPS) is 13.9. The molecule has 112 valence electrons. The lowest BCUT2D eigenvalue weighted by Crippen LogP contribution is -2.43. The maximum absolute atomic E-state index is 12.2. The van der Waals surface area contributed by atoms with Crippen LogP contribution >= 0.6 is 0 Å². The summed E-state index contributed by atoms with van der Waals surface area (Å²) >= 11 is 0. The predicted molar refractivity (Wildman–Crippen MR) is 79.4 cm³/mol. The van der Waals surface area contributed by atoms with E-state index in [4.69, 9.17) is 0 Å². The monoisotopic (exact) mass is 279 g/mol. The molecule has 0 spiro atoms. The molecule has 2 N–H and O–H groups in total. The molecular weight excluding hydrogens is 254 g/mol. The Kier molecular flexibility index (Phi) is 5.95. The van der Waals surface area contributed by atoms with E-state index in [1.54, 1.807) is 20.2 Å². The fourth-order valence-electron chi connectivity index (χ4n) is 2.10. The third-order valence-electron chi connectivity index (χ3n) is 3.17. The number of amides is 2. The van der Waals surface area contributed by atoms with Crippen LogP contribution in [-0.4, -0.2) is 40.7 Å². The van der Waals surface area contributed by atoms with Crippen LogP contribution < -0.4 is 5.32 Å². The molecule has 0 saturated carbocycles. The van der Waals surface area contributed by atoms with Crippen molar-refractivity contribution in [3.63, 3.8) is 0 Å². The van der Waals surface area contributed by atoms with Gasteiger partial charge in [-0.25, -0.2) is 4.79 Å². The maximum atomic E-state index is 12.2. The summed E-state index contributed by atoms with van der Waals surface area (Å²) in [4.78, 5) is 18.0. The quantitative estimate of drug-likeness (QED) is 0.867. The van der Waals surface area contributed by atoms with Gasteiger partial charge in [0.2, 0.25) is 0 Å². The number of aryl methyl sites for hydroxylation is 1. The molecule has 1 rings (SSSR count). The number of carbonyl (C=O) groups excluding carboxylic acids is 1. The second-order valence-electron chi connectivity index (χ2n) is 5.61. The van der Waals surface area contributed by atoms with E-state index in [-0.39, 0.29) is 18.0 Å². The number of likely N-dealkylation sites (N-methyl/N-ethyl adjacent to an activating group) is 1. The first-order valence-corrected chi connectivity index (χ1v) is 6.94. The molecule has 2 unspecified atom stereocenters. The number of pyridine rings is 1. The second kappa shape index (κ2) is 7.24. The van der Waals surface area contributed by atoms with Crippen LogP contribution in [0, 0.1) is 12.8 Å². The Bertz CT molecular complexity index is 446. The molecule has 0 radical (unpaired) electrons. The highest BCUT2D eigenvalue weighted by molar-refractivity contribution is 5.74. The van der Waals surface area contributed by atoms with Crippen LogP contribution in [0.15, 0.2) is 18.3 Å². The van der Waals surface area contributed by atoms with Crippen molar-refractivity contribution in [1.82, 2.24) is 15.2 Å². The Morgan fingerprint density at radius 1 is 1.45 bits per heavy atom. The van der Waals surface area contributed by atoms with Crippen molar-refractivity contribution in [3.05, 3.63) is 29.6 Å². The highest BCUT2D eigenvalue weighted by Crippen LogP contribution is 2.22. The summed E-state index contributed by atoms with van der Waals surface area (Å²) in [6.45, 7) is 8.05. The van der Waals surface area contributed by atoms with Gasteiger partial charge in [-0.1, -0.05) is 19.9 Å². The van der Waals surface area contributed by atoms with E-state index < -0.39 is 6.10 Å². The number of urea groups is 1. The van der Waals surface area contributed by atoms with E-state index >= 15 is 0 Å². The number of hydrogen-bond donors (Lipinski definition) is 2. The van der Waals surface area contributed by atoms with Gasteiger partial charge in [0.25, 0.3) is 0 Å². The van der Waals surface area contributed by atoms with Gasteiger partial charge in [0.1, 0.15) is 0 Å². The van der Waals surface area contributed by atoms with E-state index in [2.05, 4.69) is 10.3 Å². The van der Waals surface area contributed by atoms with Crippen molar-refractivity contribution >= 4 is 6.03 Å². The average Bonchev–Trinajstić information content (AvgIpc) is 2.35. The van der Waals surface area contributed by atoms with Gasteiger partial charge in [-0.2, -0.15) is 0 Å². The van der Waals surface area contributed by atoms with Crippen molar-refractivity contribution in [2.24, 2.45) is 5.92 Å². The standard InChI is InChI=1S/C15H25N3O2/c1-10(2)13(14-11(3)7-6-8-16-14)17-15(20)18(5)9-12(4)19/h6-8,10,12-13,19H,9H2,1-5H3,(H,17,20). The lowest BCUT2D eigenvalue weighted by atomic mass is 9.97. The van der Waals surface area contributed by atoms with Crippen LogP contribution in [-0.2, 0) is 0 Å². The van der Waals surface area contributed by atoms with Crippen molar-refractivity contribution in [2.75, 3.05) is 13.6 Å². The minimum atomic E-state index is -0.542. The van der Waals surface area contributed by atoms with Crippen molar-refractivity contribution in [1.29, 1.82) is 0 Å². The Morgan fingerprint density at radius 2 is 2.10 bits per heavy atom. The smallest absolute Gasteiger partial charge is 0.317 e. The van der Waals surface area contributed by atoms with E-state index in [0.717, 1.165) is 11.3 Å². The lowest BCUT2D eigenvalue weighted by Gasteiger charge is -2.27. The molecule has 0 saturated heterocycles. The molecule has 0 aliphatic heterocycles. The number of nitrogens with one attached hydrogen (secondary N) is 1. The summed E-state index contributed by atoms with van der Waals surface area (Å²) in [5, 5.41) is 12.3. The number of aliphatic hydroxyl groups excluding tert-OH is 1. The summed E-state index contributed by atoms with van der Waals surface area (Å²) in [6, 6.07) is 3.54. The van der Waals surface area contributed by atoms with Gasteiger partial charge in [0.05, 0.1) is 17.8 Å². The van der Waals surface area contributed by atoms with E-state index in [1.807, 2.05) is 32.9 Å². The molecule has 0 fully saturated rings. The zero-order valence-corrected chi connectivity index (χ0v) is 12.9. The molecule has 5 heteroatoms. The Balaban J connectivity index is 2.84. The summed E-state index contributed by atoms with van der Waals surface area (Å²) in [6.07, 6.45) is 1.20. The zero-order valence-electron chi connectivity index (χ0n) is 12.9. The van der Waals surface area contributed by atoms with Crippen LogP contribution in [0.2, 0.25) is 0 Å². The molecule has 1 aromatic heterocycles. The molecule has 0 bridgehead atoms. The first-order chi connectivity index (χ1) is 9.32. The second-order valence-corrected chi connectivity index (χ2v) is 5.61.